The normalized spacial score (nSPS) is 12.9. The number of aromatic nitrogens is 5. The van der Waals surface area contributed by atoms with Gasteiger partial charge in [-0.3, -0.25) is 13.9 Å². The Morgan fingerprint density at radius 3 is 2.37 bits per heavy atom. The highest BCUT2D eigenvalue weighted by Gasteiger charge is 2.28. The molecular weight excluding hydrogens is 576 g/mol. The number of nitrogens with one attached hydrogen (secondary N) is 1. The summed E-state index contributed by atoms with van der Waals surface area (Å²) in [7, 11) is -9.89. The van der Waals surface area contributed by atoms with E-state index in [-0.39, 0.29) is 28.4 Å². The minimum Gasteiger partial charge on any atom is -0.304 e. The summed E-state index contributed by atoms with van der Waals surface area (Å²) in [4.78, 5) is 13.9. The fourth-order valence-electron chi connectivity index (χ4n) is 4.15. The molecule has 0 aliphatic carbocycles. The number of aromatic amines is 1. The Morgan fingerprint density at radius 2 is 1.73 bits per heavy atom. The maximum atomic E-state index is 12.8. The van der Waals surface area contributed by atoms with Gasteiger partial charge < -0.3 is 4.98 Å². The van der Waals surface area contributed by atoms with Crippen molar-refractivity contribution in [2.75, 3.05) is 0 Å². The third-order valence-electron chi connectivity index (χ3n) is 6.02. The van der Waals surface area contributed by atoms with Crippen LogP contribution in [0.2, 0.25) is 0 Å². The van der Waals surface area contributed by atoms with Crippen molar-refractivity contribution in [3.8, 4) is 11.8 Å². The van der Waals surface area contributed by atoms with Crippen LogP contribution in [0, 0.1) is 11.3 Å². The summed E-state index contributed by atoms with van der Waals surface area (Å²) >= 11 is 0. The number of nitrogens with zero attached hydrogens (tertiary/aromatic N) is 7. The van der Waals surface area contributed by atoms with Gasteiger partial charge >= 0.3 is 0 Å². The summed E-state index contributed by atoms with van der Waals surface area (Å²) in [5, 5.41) is 27.2. The molecule has 5 aromatic rings. The molecule has 0 saturated carbocycles. The van der Waals surface area contributed by atoms with Crippen LogP contribution in [0.4, 0.5) is 11.5 Å². The van der Waals surface area contributed by atoms with Crippen molar-refractivity contribution in [1.29, 1.82) is 5.26 Å². The monoisotopic (exact) mass is 596 g/mol. The van der Waals surface area contributed by atoms with Gasteiger partial charge in [0.15, 0.2) is 17.2 Å². The molecule has 0 spiro atoms. The van der Waals surface area contributed by atoms with Gasteiger partial charge in [0.1, 0.15) is 16.5 Å². The van der Waals surface area contributed by atoms with Crippen LogP contribution in [0.25, 0.3) is 22.2 Å². The molecule has 0 saturated heterocycles. The van der Waals surface area contributed by atoms with Crippen LogP contribution < -0.4 is 5.56 Å². The highest BCUT2D eigenvalue weighted by molar-refractivity contribution is 7.86. The molecule has 0 fully saturated rings. The first-order valence-electron chi connectivity index (χ1n) is 11.6. The van der Waals surface area contributed by atoms with Gasteiger partial charge in [0.25, 0.3) is 25.8 Å². The number of benzene rings is 2. The summed E-state index contributed by atoms with van der Waals surface area (Å²) in [6.45, 7) is 5.61. The number of fused-ring (bicyclic) bond motifs is 3. The Hall–Kier alpha value is -4.76. The van der Waals surface area contributed by atoms with Gasteiger partial charge in [0.2, 0.25) is 0 Å². The van der Waals surface area contributed by atoms with E-state index >= 15 is 0 Å². The van der Waals surface area contributed by atoms with Crippen LogP contribution in [0.3, 0.4) is 0 Å². The lowest BCUT2D eigenvalue weighted by atomic mass is 9.91. The van der Waals surface area contributed by atoms with Gasteiger partial charge in [0, 0.05) is 5.41 Å². The Bertz CT molecular complexity index is 2230. The molecule has 0 amide bonds. The quantitative estimate of drug-likeness (QED) is 0.198. The van der Waals surface area contributed by atoms with Crippen LogP contribution in [0.5, 0.6) is 0 Å². The second-order valence-corrected chi connectivity index (χ2v) is 12.7. The zero-order valence-electron chi connectivity index (χ0n) is 21.5. The van der Waals surface area contributed by atoms with Crippen molar-refractivity contribution in [1.82, 2.24) is 24.4 Å². The number of para-hydroxylation sites is 1. The van der Waals surface area contributed by atoms with Crippen LogP contribution in [-0.2, 0) is 25.7 Å². The SMILES string of the molecule is CC(C)(C)c1nn2c([nH]c(=O)c3ccccc32)c1N=Nc1c(C#N)cnn1-c1ccc(S(=O)(=O)O)cc1S(=O)(=O)O. The second kappa shape index (κ2) is 9.42. The van der Waals surface area contributed by atoms with Crippen LogP contribution in [-0.4, -0.2) is 50.3 Å². The summed E-state index contributed by atoms with van der Waals surface area (Å²) in [5.41, 5.74) is -0.208. The minimum atomic E-state index is -5.06. The van der Waals surface area contributed by atoms with Crippen molar-refractivity contribution in [2.45, 2.75) is 36.0 Å². The maximum Gasteiger partial charge on any atom is 0.296 e. The van der Waals surface area contributed by atoms with E-state index in [0.717, 1.165) is 23.0 Å². The van der Waals surface area contributed by atoms with Gasteiger partial charge in [-0.15, -0.1) is 10.2 Å². The van der Waals surface area contributed by atoms with Crippen LogP contribution in [0.1, 0.15) is 32.0 Å². The van der Waals surface area contributed by atoms with Crippen molar-refractivity contribution >= 4 is 48.3 Å². The molecule has 0 unspecified atom stereocenters. The highest BCUT2D eigenvalue weighted by Crippen LogP contribution is 2.36. The fourth-order valence-corrected chi connectivity index (χ4v) is 5.42. The lowest BCUT2D eigenvalue weighted by Gasteiger charge is -2.15. The lowest BCUT2D eigenvalue weighted by Crippen LogP contribution is -2.12. The van der Waals surface area contributed by atoms with E-state index in [1.807, 2.05) is 26.8 Å². The van der Waals surface area contributed by atoms with E-state index in [1.54, 1.807) is 24.3 Å². The molecule has 17 heteroatoms. The third-order valence-corrected chi connectivity index (χ3v) is 7.76. The van der Waals surface area contributed by atoms with Gasteiger partial charge in [-0.1, -0.05) is 32.9 Å². The van der Waals surface area contributed by atoms with E-state index in [1.165, 1.54) is 4.52 Å². The molecule has 41 heavy (non-hydrogen) atoms. The Morgan fingerprint density at radius 1 is 1.02 bits per heavy atom. The first-order chi connectivity index (χ1) is 19.1. The first-order valence-corrected chi connectivity index (χ1v) is 14.5. The van der Waals surface area contributed by atoms with Crippen molar-refractivity contribution in [3.05, 3.63) is 70.3 Å². The summed E-state index contributed by atoms with van der Waals surface area (Å²) < 4.78 is 69.0. The summed E-state index contributed by atoms with van der Waals surface area (Å²) in [6, 6.07) is 11.1. The van der Waals surface area contributed by atoms with E-state index < -0.39 is 41.0 Å². The molecule has 0 bridgehead atoms. The average Bonchev–Trinajstić information content (AvgIpc) is 3.47. The van der Waals surface area contributed by atoms with Gasteiger partial charge in [-0.25, -0.2) is 9.20 Å². The van der Waals surface area contributed by atoms with Gasteiger partial charge in [0.05, 0.1) is 33.4 Å². The number of azo groups is 1. The smallest absolute Gasteiger partial charge is 0.296 e. The molecular formula is C24H20N8O7S2. The van der Waals surface area contributed by atoms with E-state index in [0.29, 0.717) is 22.7 Å². The van der Waals surface area contributed by atoms with Crippen molar-refractivity contribution in [2.24, 2.45) is 10.2 Å². The van der Waals surface area contributed by atoms with E-state index in [2.05, 4.69) is 25.4 Å². The fraction of sp³-hybridized carbons (Fsp3) is 0.167. The lowest BCUT2D eigenvalue weighted by molar-refractivity contribution is 0.480. The van der Waals surface area contributed by atoms with Crippen molar-refractivity contribution < 1.29 is 25.9 Å². The Kier molecular flexibility index (Phi) is 6.38. The first kappa shape index (κ1) is 27.8. The van der Waals surface area contributed by atoms with E-state index in [9.17, 15) is 36.0 Å². The Labute approximate surface area is 231 Å². The predicted molar refractivity (Wildman–Crippen MR) is 144 cm³/mol. The number of rotatable bonds is 5. The third kappa shape index (κ3) is 4.89. The van der Waals surface area contributed by atoms with E-state index in [4.69, 9.17) is 0 Å². The minimum absolute atomic E-state index is 0.151. The van der Waals surface area contributed by atoms with Gasteiger partial charge in [-0.2, -0.15) is 32.3 Å². The average molecular weight is 597 g/mol. The summed E-state index contributed by atoms with van der Waals surface area (Å²) in [5.74, 6) is -0.278. The molecule has 3 aromatic heterocycles. The zero-order valence-corrected chi connectivity index (χ0v) is 23.1. The number of hydrogen-bond acceptors (Lipinski definition) is 10. The predicted octanol–water partition coefficient (Wildman–Crippen LogP) is 3.44. The molecule has 5 rings (SSSR count). The molecule has 0 atom stereocenters. The second-order valence-electron chi connectivity index (χ2n) is 9.86. The standard InChI is InChI=1S/C24H20N8O7S2/c1-24(2,3)20-19(22-27-23(33)15-6-4-5-7-16(15)32(22)30-20)28-29-21-13(11-25)12-26-31(21)17-9-8-14(40(34,35)36)10-18(17)41(37,38)39/h4-10,12H,1-3H3,(H,27,33)(H,34,35,36)(H,37,38,39). The molecule has 15 nitrogen and oxygen atoms in total. The zero-order chi connectivity index (χ0) is 29.9. The van der Waals surface area contributed by atoms with Crippen LogP contribution in [0.15, 0.2) is 73.5 Å². The molecule has 210 valence electrons. The summed E-state index contributed by atoms with van der Waals surface area (Å²) in [6.07, 6.45) is 1.06. The van der Waals surface area contributed by atoms with Crippen molar-refractivity contribution in [3.63, 3.8) is 0 Å². The number of hydrogen-bond donors (Lipinski definition) is 3. The topological polar surface area (TPSA) is 225 Å². The molecule has 0 radical (unpaired) electrons. The molecule has 0 aliphatic heterocycles. The largest absolute Gasteiger partial charge is 0.304 e. The molecule has 2 aromatic carbocycles. The molecule has 0 aliphatic rings. The number of H-pyrrole nitrogens is 1. The molecule has 3 heterocycles. The van der Waals surface area contributed by atoms with Gasteiger partial charge in [-0.05, 0) is 30.3 Å². The van der Waals surface area contributed by atoms with Crippen LogP contribution >= 0.6 is 0 Å². The maximum absolute atomic E-state index is 12.8. The number of nitriles is 1. The molecule has 3 N–H and O–H groups in total. The highest BCUT2D eigenvalue weighted by atomic mass is 32.2. The Balaban J connectivity index is 1.77.